The van der Waals surface area contributed by atoms with Crippen LogP contribution in [0.25, 0.3) is 0 Å². The molecule has 0 aromatic rings. The Morgan fingerprint density at radius 2 is 2.12 bits per heavy atom. The normalized spacial score (nSPS) is 33.0. The van der Waals surface area contributed by atoms with Crippen molar-refractivity contribution >= 4 is 0 Å². The number of nitrogens with zero attached hydrogens (tertiary/aromatic N) is 1. The van der Waals surface area contributed by atoms with Gasteiger partial charge < -0.3 is 15.3 Å². The highest BCUT2D eigenvalue weighted by molar-refractivity contribution is 4.89. The number of aliphatic hydroxyl groups is 1. The molecular weight excluding hydrogens is 200 g/mol. The molecule has 2 heterocycles. The second-order valence-electron chi connectivity index (χ2n) is 5.77. The van der Waals surface area contributed by atoms with E-state index in [0.29, 0.717) is 12.0 Å². The first-order chi connectivity index (χ1) is 7.66. The van der Waals surface area contributed by atoms with Gasteiger partial charge in [-0.1, -0.05) is 13.8 Å². The first kappa shape index (κ1) is 12.3. The minimum atomic E-state index is -0.193. The molecule has 0 saturated carbocycles. The van der Waals surface area contributed by atoms with Gasteiger partial charge in [0.25, 0.3) is 0 Å². The molecule has 0 spiro atoms. The SMILES string of the molecule is CC(C)C(O)CNC1CCN2CCCC2C1. The Labute approximate surface area is 99.2 Å². The van der Waals surface area contributed by atoms with Crippen molar-refractivity contribution in [3.8, 4) is 0 Å². The van der Waals surface area contributed by atoms with Crippen LogP contribution < -0.4 is 5.32 Å². The third-order valence-electron chi connectivity index (χ3n) is 4.21. The Morgan fingerprint density at radius 1 is 1.31 bits per heavy atom. The lowest BCUT2D eigenvalue weighted by molar-refractivity contribution is 0.107. The summed E-state index contributed by atoms with van der Waals surface area (Å²) in [7, 11) is 0. The molecule has 16 heavy (non-hydrogen) atoms. The van der Waals surface area contributed by atoms with Gasteiger partial charge in [-0.15, -0.1) is 0 Å². The van der Waals surface area contributed by atoms with Crippen molar-refractivity contribution < 1.29 is 5.11 Å². The van der Waals surface area contributed by atoms with Gasteiger partial charge in [0.2, 0.25) is 0 Å². The molecule has 2 N–H and O–H groups in total. The van der Waals surface area contributed by atoms with Gasteiger partial charge in [0, 0.05) is 18.6 Å². The van der Waals surface area contributed by atoms with E-state index >= 15 is 0 Å². The smallest absolute Gasteiger partial charge is 0.0687 e. The van der Waals surface area contributed by atoms with Crippen LogP contribution in [-0.2, 0) is 0 Å². The van der Waals surface area contributed by atoms with Gasteiger partial charge in [0.05, 0.1) is 6.10 Å². The standard InChI is InChI=1S/C13H26N2O/c1-10(2)13(16)9-14-11-5-7-15-6-3-4-12(15)8-11/h10-14,16H,3-9H2,1-2H3. The highest BCUT2D eigenvalue weighted by Gasteiger charge is 2.31. The molecule has 3 heteroatoms. The van der Waals surface area contributed by atoms with Crippen LogP contribution >= 0.6 is 0 Å². The molecule has 0 bridgehead atoms. The fourth-order valence-electron chi connectivity index (χ4n) is 2.93. The van der Waals surface area contributed by atoms with E-state index in [1.165, 1.54) is 38.8 Å². The lowest BCUT2D eigenvalue weighted by Crippen LogP contribution is -2.47. The summed E-state index contributed by atoms with van der Waals surface area (Å²) in [4.78, 5) is 2.64. The molecule has 0 aromatic heterocycles. The van der Waals surface area contributed by atoms with Crippen molar-refractivity contribution in [2.75, 3.05) is 19.6 Å². The quantitative estimate of drug-likeness (QED) is 0.756. The molecule has 2 saturated heterocycles. The summed E-state index contributed by atoms with van der Waals surface area (Å²) < 4.78 is 0. The molecule has 2 fully saturated rings. The molecule has 0 amide bonds. The van der Waals surface area contributed by atoms with Crippen molar-refractivity contribution in [2.45, 2.75) is 57.7 Å². The van der Waals surface area contributed by atoms with E-state index in [1.54, 1.807) is 0 Å². The Balaban J connectivity index is 1.71. The van der Waals surface area contributed by atoms with Gasteiger partial charge in [-0.3, -0.25) is 0 Å². The van der Waals surface area contributed by atoms with E-state index in [2.05, 4.69) is 24.1 Å². The van der Waals surface area contributed by atoms with Crippen LogP contribution in [0, 0.1) is 5.92 Å². The van der Waals surface area contributed by atoms with Gasteiger partial charge in [0.1, 0.15) is 0 Å². The van der Waals surface area contributed by atoms with Crippen LogP contribution in [0.5, 0.6) is 0 Å². The molecule has 2 rings (SSSR count). The molecule has 0 aromatic carbocycles. The lowest BCUT2D eigenvalue weighted by Gasteiger charge is -2.35. The molecule has 3 unspecified atom stereocenters. The van der Waals surface area contributed by atoms with Crippen molar-refractivity contribution in [1.29, 1.82) is 0 Å². The summed E-state index contributed by atoms with van der Waals surface area (Å²) in [6.07, 6.45) is 5.10. The third kappa shape index (κ3) is 2.96. The van der Waals surface area contributed by atoms with E-state index in [9.17, 15) is 5.11 Å². The Hall–Kier alpha value is -0.120. The van der Waals surface area contributed by atoms with Gasteiger partial charge in [0.15, 0.2) is 0 Å². The zero-order chi connectivity index (χ0) is 11.5. The molecule has 3 atom stereocenters. The minimum absolute atomic E-state index is 0.193. The molecule has 3 nitrogen and oxygen atoms in total. The van der Waals surface area contributed by atoms with Crippen LogP contribution in [0.2, 0.25) is 0 Å². The van der Waals surface area contributed by atoms with Crippen molar-refractivity contribution in [3.05, 3.63) is 0 Å². The first-order valence-electron chi connectivity index (χ1n) is 6.82. The number of hydrogen-bond acceptors (Lipinski definition) is 3. The third-order valence-corrected chi connectivity index (χ3v) is 4.21. The lowest BCUT2D eigenvalue weighted by atomic mass is 9.97. The molecule has 2 aliphatic heterocycles. The maximum Gasteiger partial charge on any atom is 0.0687 e. The number of fused-ring (bicyclic) bond motifs is 1. The van der Waals surface area contributed by atoms with E-state index in [-0.39, 0.29) is 6.10 Å². The van der Waals surface area contributed by atoms with Crippen LogP contribution in [0.4, 0.5) is 0 Å². The van der Waals surface area contributed by atoms with Gasteiger partial charge in [-0.2, -0.15) is 0 Å². The number of aliphatic hydroxyl groups excluding tert-OH is 1. The molecular formula is C13H26N2O. The van der Waals surface area contributed by atoms with Crippen molar-refractivity contribution in [1.82, 2.24) is 10.2 Å². The van der Waals surface area contributed by atoms with Gasteiger partial charge >= 0.3 is 0 Å². The minimum Gasteiger partial charge on any atom is -0.392 e. The molecule has 0 radical (unpaired) electrons. The van der Waals surface area contributed by atoms with E-state index in [4.69, 9.17) is 0 Å². The van der Waals surface area contributed by atoms with E-state index in [1.807, 2.05) is 0 Å². The highest BCUT2D eigenvalue weighted by atomic mass is 16.3. The monoisotopic (exact) mass is 226 g/mol. The average molecular weight is 226 g/mol. The Kier molecular flexibility index (Phi) is 4.22. The van der Waals surface area contributed by atoms with Crippen molar-refractivity contribution in [3.63, 3.8) is 0 Å². The maximum absolute atomic E-state index is 9.77. The van der Waals surface area contributed by atoms with Crippen LogP contribution in [0.1, 0.15) is 39.5 Å². The summed E-state index contributed by atoms with van der Waals surface area (Å²) in [5.41, 5.74) is 0. The van der Waals surface area contributed by atoms with Crippen LogP contribution in [-0.4, -0.2) is 47.8 Å². The summed E-state index contributed by atoms with van der Waals surface area (Å²) in [5, 5.41) is 13.3. The zero-order valence-electron chi connectivity index (χ0n) is 10.7. The zero-order valence-corrected chi connectivity index (χ0v) is 10.7. The van der Waals surface area contributed by atoms with Crippen LogP contribution in [0.3, 0.4) is 0 Å². The van der Waals surface area contributed by atoms with E-state index < -0.39 is 0 Å². The predicted octanol–water partition coefficient (Wildman–Crippen LogP) is 1.22. The first-order valence-corrected chi connectivity index (χ1v) is 6.82. The fourth-order valence-corrected chi connectivity index (χ4v) is 2.93. The molecule has 94 valence electrons. The number of nitrogens with one attached hydrogen (secondary N) is 1. The summed E-state index contributed by atoms with van der Waals surface area (Å²) >= 11 is 0. The van der Waals surface area contributed by atoms with Crippen molar-refractivity contribution in [2.24, 2.45) is 5.92 Å². The summed E-state index contributed by atoms with van der Waals surface area (Å²) in [5.74, 6) is 0.360. The molecule has 2 aliphatic rings. The predicted molar refractivity (Wildman–Crippen MR) is 66.5 cm³/mol. The Bertz CT molecular complexity index is 220. The second kappa shape index (κ2) is 5.48. The average Bonchev–Trinajstić information content (AvgIpc) is 2.72. The Morgan fingerprint density at radius 3 is 2.88 bits per heavy atom. The number of piperidine rings is 1. The van der Waals surface area contributed by atoms with Gasteiger partial charge in [-0.25, -0.2) is 0 Å². The maximum atomic E-state index is 9.77. The highest BCUT2D eigenvalue weighted by Crippen LogP contribution is 2.26. The van der Waals surface area contributed by atoms with Crippen LogP contribution in [0.15, 0.2) is 0 Å². The number of hydrogen-bond donors (Lipinski definition) is 2. The fraction of sp³-hybridized carbons (Fsp3) is 1.00. The molecule has 0 aliphatic carbocycles. The number of rotatable bonds is 4. The van der Waals surface area contributed by atoms with Gasteiger partial charge in [-0.05, 0) is 44.7 Å². The topological polar surface area (TPSA) is 35.5 Å². The largest absolute Gasteiger partial charge is 0.392 e. The second-order valence-corrected chi connectivity index (χ2v) is 5.77. The van der Waals surface area contributed by atoms with E-state index in [0.717, 1.165) is 12.6 Å². The summed E-state index contributed by atoms with van der Waals surface area (Å²) in [6.45, 7) is 7.47. The summed E-state index contributed by atoms with van der Waals surface area (Å²) in [6, 6.07) is 1.45.